The van der Waals surface area contributed by atoms with Gasteiger partial charge in [-0.15, -0.1) is 0 Å². The van der Waals surface area contributed by atoms with Crippen molar-refractivity contribution in [3.05, 3.63) is 0 Å². The van der Waals surface area contributed by atoms with Crippen LogP contribution in [0, 0.1) is 0 Å². The van der Waals surface area contributed by atoms with E-state index in [2.05, 4.69) is 18.7 Å². The second-order valence-corrected chi connectivity index (χ2v) is 5.93. The highest BCUT2D eigenvalue weighted by atomic mass is 32.2. The zero-order chi connectivity index (χ0) is 10.9. The summed E-state index contributed by atoms with van der Waals surface area (Å²) in [4.78, 5) is 11.0. The number of hydrogen-bond donors (Lipinski definition) is 0. The van der Waals surface area contributed by atoms with Crippen LogP contribution in [0.5, 0.6) is 0 Å². The fourth-order valence-electron chi connectivity index (χ4n) is 2.04. The summed E-state index contributed by atoms with van der Waals surface area (Å²) in [5.74, 6) is 1.79. The molecule has 0 amide bonds. The first-order valence-corrected chi connectivity index (χ1v) is 7.51. The maximum atomic E-state index is 11.0. The van der Waals surface area contributed by atoms with Crippen LogP contribution in [0.15, 0.2) is 0 Å². The smallest absolute Gasteiger partial charge is 0.132 e. The predicted octanol–water partition coefficient (Wildman–Crippen LogP) is 4.20. The molecule has 0 aromatic heterocycles. The summed E-state index contributed by atoms with van der Waals surface area (Å²) in [5, 5.41) is 0.786. The first kappa shape index (κ1) is 13.1. The Bertz CT molecular complexity index is 169. The largest absolute Gasteiger partial charge is 0.300 e. The van der Waals surface area contributed by atoms with Gasteiger partial charge in [0.25, 0.3) is 0 Å². The van der Waals surface area contributed by atoms with Crippen LogP contribution in [-0.2, 0) is 4.79 Å². The molecule has 15 heavy (non-hydrogen) atoms. The average molecular weight is 228 g/mol. The molecule has 88 valence electrons. The zero-order valence-electron chi connectivity index (χ0n) is 9.96. The van der Waals surface area contributed by atoms with Crippen molar-refractivity contribution in [2.75, 3.05) is 5.75 Å². The maximum absolute atomic E-state index is 11.0. The molecule has 2 heteroatoms. The van der Waals surface area contributed by atoms with E-state index in [1.54, 1.807) is 0 Å². The van der Waals surface area contributed by atoms with E-state index in [4.69, 9.17) is 0 Å². The van der Waals surface area contributed by atoms with Gasteiger partial charge in [0.15, 0.2) is 0 Å². The zero-order valence-corrected chi connectivity index (χ0v) is 10.8. The summed E-state index contributed by atoms with van der Waals surface area (Å²) in [6.07, 6.45) is 10.8. The van der Waals surface area contributed by atoms with Crippen LogP contribution in [0.4, 0.5) is 0 Å². The van der Waals surface area contributed by atoms with Gasteiger partial charge < -0.3 is 0 Å². The van der Waals surface area contributed by atoms with Crippen LogP contribution >= 0.6 is 11.8 Å². The summed E-state index contributed by atoms with van der Waals surface area (Å²) in [6, 6.07) is 0. The lowest BCUT2D eigenvalue weighted by molar-refractivity contribution is -0.120. The third kappa shape index (κ3) is 6.24. The van der Waals surface area contributed by atoms with Crippen molar-refractivity contribution >= 4 is 17.5 Å². The van der Waals surface area contributed by atoms with Crippen LogP contribution in [0.25, 0.3) is 0 Å². The monoisotopic (exact) mass is 228 g/mol. The Morgan fingerprint density at radius 1 is 1.13 bits per heavy atom. The third-order valence-corrected chi connectivity index (χ3v) is 4.56. The Labute approximate surface area is 98.4 Å². The molecule has 0 aromatic carbocycles. The van der Waals surface area contributed by atoms with Crippen molar-refractivity contribution in [1.29, 1.82) is 0 Å². The molecule has 0 aromatic rings. The first-order valence-electron chi connectivity index (χ1n) is 6.46. The number of carbonyl (C=O) groups is 1. The average Bonchev–Trinajstić information content (AvgIpc) is 2.26. The number of carbonyl (C=O) groups excluding carboxylic acids is 1. The van der Waals surface area contributed by atoms with E-state index in [0.717, 1.165) is 30.9 Å². The second-order valence-electron chi connectivity index (χ2n) is 4.52. The molecule has 1 aliphatic carbocycles. The molecule has 1 saturated carbocycles. The highest BCUT2D eigenvalue weighted by Gasteiger charge is 2.18. The summed E-state index contributed by atoms with van der Waals surface area (Å²) in [7, 11) is 0. The van der Waals surface area contributed by atoms with Crippen molar-refractivity contribution in [2.24, 2.45) is 0 Å². The molecule has 0 N–H and O–H groups in total. The number of Topliss-reactive ketones (excluding diaryl/α,β-unsaturated/α-hetero) is 1. The van der Waals surface area contributed by atoms with Crippen molar-refractivity contribution < 1.29 is 4.79 Å². The van der Waals surface area contributed by atoms with E-state index in [-0.39, 0.29) is 0 Å². The van der Waals surface area contributed by atoms with Gasteiger partial charge >= 0.3 is 0 Å². The molecule has 0 heterocycles. The minimum absolute atomic E-state index is 0.481. The molecule has 1 fully saturated rings. The van der Waals surface area contributed by atoms with Gasteiger partial charge in [0, 0.05) is 18.1 Å². The summed E-state index contributed by atoms with van der Waals surface area (Å²) < 4.78 is 0. The van der Waals surface area contributed by atoms with E-state index in [1.165, 1.54) is 37.9 Å². The lowest BCUT2D eigenvalue weighted by Gasteiger charge is -2.20. The van der Waals surface area contributed by atoms with Crippen molar-refractivity contribution in [3.8, 4) is 0 Å². The predicted molar refractivity (Wildman–Crippen MR) is 68.5 cm³/mol. The quantitative estimate of drug-likeness (QED) is 0.607. The van der Waals surface area contributed by atoms with Crippen molar-refractivity contribution in [1.82, 2.24) is 0 Å². The Balaban J connectivity index is 1.89. The van der Waals surface area contributed by atoms with Crippen molar-refractivity contribution in [2.45, 2.75) is 70.0 Å². The SMILES string of the molecule is CCCCCCCSC1CCC(=O)CC1. The number of hydrogen-bond acceptors (Lipinski definition) is 2. The molecule has 0 aliphatic heterocycles. The van der Waals surface area contributed by atoms with Gasteiger partial charge in [-0.1, -0.05) is 32.6 Å². The number of ketones is 1. The molecule has 0 radical (unpaired) electrons. The highest BCUT2D eigenvalue weighted by Crippen LogP contribution is 2.27. The minimum Gasteiger partial charge on any atom is -0.300 e. The van der Waals surface area contributed by atoms with Gasteiger partial charge in [-0.2, -0.15) is 11.8 Å². The normalized spacial score (nSPS) is 18.3. The van der Waals surface area contributed by atoms with Crippen LogP contribution < -0.4 is 0 Å². The van der Waals surface area contributed by atoms with Crippen molar-refractivity contribution in [3.63, 3.8) is 0 Å². The topological polar surface area (TPSA) is 17.1 Å². The van der Waals surface area contributed by atoms with E-state index in [0.29, 0.717) is 5.78 Å². The van der Waals surface area contributed by atoms with E-state index in [1.807, 2.05) is 0 Å². The Morgan fingerprint density at radius 2 is 1.80 bits per heavy atom. The minimum atomic E-state index is 0.481. The Kier molecular flexibility index (Phi) is 7.16. The molecule has 1 aliphatic rings. The fraction of sp³-hybridized carbons (Fsp3) is 0.923. The molecule has 0 saturated heterocycles. The summed E-state index contributed by atoms with van der Waals surface area (Å²) in [6.45, 7) is 2.26. The van der Waals surface area contributed by atoms with Gasteiger partial charge in [0.05, 0.1) is 0 Å². The summed E-state index contributed by atoms with van der Waals surface area (Å²) in [5.41, 5.74) is 0. The first-order chi connectivity index (χ1) is 7.33. The van der Waals surface area contributed by atoms with E-state index >= 15 is 0 Å². The standard InChI is InChI=1S/C13H24OS/c1-2-3-4-5-6-11-15-13-9-7-12(14)8-10-13/h13H,2-11H2,1H3. The lowest BCUT2D eigenvalue weighted by Crippen LogP contribution is -2.15. The third-order valence-electron chi connectivity index (χ3n) is 3.09. The van der Waals surface area contributed by atoms with Crippen LogP contribution in [0.3, 0.4) is 0 Å². The van der Waals surface area contributed by atoms with Crippen LogP contribution in [0.1, 0.15) is 64.7 Å². The Morgan fingerprint density at radius 3 is 2.47 bits per heavy atom. The van der Waals surface area contributed by atoms with E-state index < -0.39 is 0 Å². The van der Waals surface area contributed by atoms with Gasteiger partial charge in [-0.25, -0.2) is 0 Å². The molecular weight excluding hydrogens is 204 g/mol. The van der Waals surface area contributed by atoms with Gasteiger partial charge in [-0.05, 0) is 25.0 Å². The molecular formula is C13H24OS. The Hall–Kier alpha value is 0.0200. The molecule has 0 atom stereocenters. The highest BCUT2D eigenvalue weighted by molar-refractivity contribution is 7.99. The number of thioether (sulfide) groups is 1. The van der Waals surface area contributed by atoms with Gasteiger partial charge in [0.2, 0.25) is 0 Å². The van der Waals surface area contributed by atoms with Crippen LogP contribution in [0.2, 0.25) is 0 Å². The molecule has 1 rings (SSSR count). The second kappa shape index (κ2) is 8.20. The van der Waals surface area contributed by atoms with Gasteiger partial charge in [-0.3, -0.25) is 4.79 Å². The number of rotatable bonds is 7. The molecule has 0 bridgehead atoms. The molecule has 0 spiro atoms. The van der Waals surface area contributed by atoms with Crippen LogP contribution in [-0.4, -0.2) is 16.8 Å². The lowest BCUT2D eigenvalue weighted by atomic mass is 9.99. The number of unbranched alkanes of at least 4 members (excludes halogenated alkanes) is 4. The maximum Gasteiger partial charge on any atom is 0.132 e. The fourth-order valence-corrected chi connectivity index (χ4v) is 3.31. The van der Waals surface area contributed by atoms with E-state index in [9.17, 15) is 4.79 Å². The molecule has 0 unspecified atom stereocenters. The summed E-state index contributed by atoms with van der Waals surface area (Å²) >= 11 is 2.11. The molecule has 1 nitrogen and oxygen atoms in total. The van der Waals surface area contributed by atoms with Gasteiger partial charge in [0.1, 0.15) is 5.78 Å².